The molecule has 0 heterocycles. The maximum atomic E-state index is 10.6. The monoisotopic (exact) mass is 234 g/mol. The Morgan fingerprint density at radius 1 is 1.65 bits per heavy atom. The summed E-state index contributed by atoms with van der Waals surface area (Å²) in [7, 11) is 3.14. The van der Waals surface area contributed by atoms with Crippen LogP contribution < -0.4 is 4.74 Å². The molecule has 17 heavy (non-hydrogen) atoms. The van der Waals surface area contributed by atoms with Crippen molar-refractivity contribution in [3.8, 4) is 11.8 Å². The first-order chi connectivity index (χ1) is 8.08. The number of hydrogen-bond acceptors (Lipinski definition) is 4. The van der Waals surface area contributed by atoms with E-state index in [1.165, 1.54) is 4.90 Å². The van der Waals surface area contributed by atoms with Crippen molar-refractivity contribution in [3.63, 3.8) is 0 Å². The number of likely N-dealkylation sites (N-methyl/N-ethyl adjacent to an activating group) is 1. The van der Waals surface area contributed by atoms with Crippen molar-refractivity contribution in [1.82, 2.24) is 4.90 Å². The lowest BCUT2D eigenvalue weighted by atomic mass is 10.1. The molecular weight excluding hydrogens is 220 g/mol. The smallest absolute Gasteiger partial charge is 0.317 e. The number of nitriles is 1. The number of hydrogen-bond donors (Lipinski definition) is 1. The van der Waals surface area contributed by atoms with Crippen molar-refractivity contribution in [1.29, 1.82) is 5.26 Å². The third kappa shape index (κ3) is 3.47. The standard InChI is InChI=1S/C12H14N2O3/c1-14(8-12(15)16)11(7-13)9-4-3-5-10(6-9)17-2/h3-6,11H,8H2,1-2H3,(H,15,16). The SMILES string of the molecule is COc1cccc(C(C#N)N(C)CC(=O)O)c1. The largest absolute Gasteiger partial charge is 0.497 e. The fourth-order valence-electron chi connectivity index (χ4n) is 1.54. The zero-order valence-electron chi connectivity index (χ0n) is 9.75. The minimum absolute atomic E-state index is 0.185. The predicted molar refractivity (Wildman–Crippen MR) is 61.6 cm³/mol. The van der Waals surface area contributed by atoms with Crippen LogP contribution in [0.1, 0.15) is 11.6 Å². The fraction of sp³-hybridized carbons (Fsp3) is 0.333. The lowest BCUT2D eigenvalue weighted by Crippen LogP contribution is -2.29. The molecule has 1 N–H and O–H groups in total. The van der Waals surface area contributed by atoms with Gasteiger partial charge < -0.3 is 9.84 Å². The van der Waals surface area contributed by atoms with Crippen molar-refractivity contribution >= 4 is 5.97 Å². The first kappa shape index (κ1) is 13.0. The number of nitrogens with zero attached hydrogens (tertiary/aromatic N) is 2. The Kier molecular flexibility index (Phi) is 4.49. The Bertz CT molecular complexity index is 440. The van der Waals surface area contributed by atoms with Crippen LogP contribution in [-0.4, -0.2) is 36.7 Å². The summed E-state index contributed by atoms with van der Waals surface area (Å²) < 4.78 is 5.07. The highest BCUT2D eigenvalue weighted by atomic mass is 16.5. The topological polar surface area (TPSA) is 73.6 Å². The number of carbonyl (C=O) groups is 1. The van der Waals surface area contributed by atoms with Crippen molar-refractivity contribution in [3.05, 3.63) is 29.8 Å². The van der Waals surface area contributed by atoms with Gasteiger partial charge in [0.1, 0.15) is 11.8 Å². The second-order valence-corrected chi connectivity index (χ2v) is 3.62. The maximum Gasteiger partial charge on any atom is 0.317 e. The lowest BCUT2D eigenvalue weighted by Gasteiger charge is -2.20. The van der Waals surface area contributed by atoms with E-state index in [4.69, 9.17) is 15.1 Å². The summed E-state index contributed by atoms with van der Waals surface area (Å²) in [6.07, 6.45) is 0. The Balaban J connectivity index is 2.93. The minimum Gasteiger partial charge on any atom is -0.497 e. The molecule has 0 fully saturated rings. The van der Waals surface area contributed by atoms with Gasteiger partial charge >= 0.3 is 5.97 Å². The van der Waals surface area contributed by atoms with Crippen molar-refractivity contribution in [2.45, 2.75) is 6.04 Å². The molecule has 0 saturated carbocycles. The lowest BCUT2D eigenvalue weighted by molar-refractivity contribution is -0.138. The van der Waals surface area contributed by atoms with Crippen LogP contribution in [0.2, 0.25) is 0 Å². The molecule has 1 aromatic rings. The van der Waals surface area contributed by atoms with Crippen LogP contribution in [0.4, 0.5) is 0 Å². The van der Waals surface area contributed by atoms with Crippen LogP contribution in [0.15, 0.2) is 24.3 Å². The van der Waals surface area contributed by atoms with E-state index in [9.17, 15) is 4.79 Å². The maximum absolute atomic E-state index is 10.6. The first-order valence-electron chi connectivity index (χ1n) is 5.04. The molecule has 1 rings (SSSR count). The summed E-state index contributed by atoms with van der Waals surface area (Å²) in [5.74, 6) is -0.317. The van der Waals surface area contributed by atoms with E-state index in [0.717, 1.165) is 5.56 Å². The molecule has 0 saturated heterocycles. The minimum atomic E-state index is -0.962. The van der Waals surface area contributed by atoms with E-state index in [2.05, 4.69) is 6.07 Å². The Hall–Kier alpha value is -2.06. The number of rotatable bonds is 5. The normalized spacial score (nSPS) is 11.9. The fourth-order valence-corrected chi connectivity index (χ4v) is 1.54. The van der Waals surface area contributed by atoms with Gasteiger partial charge in [-0.1, -0.05) is 12.1 Å². The van der Waals surface area contributed by atoms with Crippen LogP contribution in [0.5, 0.6) is 5.75 Å². The van der Waals surface area contributed by atoms with Crippen molar-refractivity contribution in [2.75, 3.05) is 20.7 Å². The van der Waals surface area contributed by atoms with E-state index in [-0.39, 0.29) is 6.54 Å². The van der Waals surface area contributed by atoms with Gasteiger partial charge in [0.05, 0.1) is 19.7 Å². The van der Waals surface area contributed by atoms with Gasteiger partial charge in [0.25, 0.3) is 0 Å². The summed E-state index contributed by atoms with van der Waals surface area (Å²) in [5, 5.41) is 17.8. The van der Waals surface area contributed by atoms with Gasteiger partial charge in [0.2, 0.25) is 0 Å². The highest BCUT2D eigenvalue weighted by molar-refractivity contribution is 5.69. The number of benzene rings is 1. The summed E-state index contributed by atoms with van der Waals surface area (Å²) in [6.45, 7) is -0.185. The quantitative estimate of drug-likeness (QED) is 0.830. The van der Waals surface area contributed by atoms with Crippen molar-refractivity contribution < 1.29 is 14.6 Å². The molecule has 0 amide bonds. The zero-order valence-corrected chi connectivity index (χ0v) is 9.75. The van der Waals surface area contributed by atoms with Gasteiger partial charge in [-0.25, -0.2) is 0 Å². The third-order valence-electron chi connectivity index (χ3n) is 2.36. The number of methoxy groups -OCH3 is 1. The molecule has 0 aliphatic rings. The zero-order chi connectivity index (χ0) is 12.8. The molecule has 0 aliphatic heterocycles. The molecule has 0 aromatic heterocycles. The van der Waals surface area contributed by atoms with Gasteiger partial charge in [-0.2, -0.15) is 5.26 Å². The molecule has 5 heteroatoms. The van der Waals surface area contributed by atoms with Crippen LogP contribution in [0, 0.1) is 11.3 Å². The summed E-state index contributed by atoms with van der Waals surface area (Å²) >= 11 is 0. The molecule has 0 aliphatic carbocycles. The molecule has 0 radical (unpaired) electrons. The highest BCUT2D eigenvalue weighted by Crippen LogP contribution is 2.22. The molecule has 1 unspecified atom stereocenters. The van der Waals surface area contributed by atoms with Crippen LogP contribution >= 0.6 is 0 Å². The molecule has 1 atom stereocenters. The van der Waals surface area contributed by atoms with Gasteiger partial charge in [-0.05, 0) is 24.7 Å². The van der Waals surface area contributed by atoms with Gasteiger partial charge in [-0.3, -0.25) is 9.69 Å². The number of carboxylic acids is 1. The molecule has 0 bridgehead atoms. The van der Waals surface area contributed by atoms with E-state index >= 15 is 0 Å². The average Bonchev–Trinajstić information content (AvgIpc) is 2.29. The van der Waals surface area contributed by atoms with Gasteiger partial charge in [0, 0.05) is 0 Å². The summed E-state index contributed by atoms with van der Waals surface area (Å²) in [6, 6.07) is 8.53. The van der Waals surface area contributed by atoms with Crippen LogP contribution in [0.3, 0.4) is 0 Å². The number of ether oxygens (including phenoxy) is 1. The molecule has 90 valence electrons. The molecular formula is C12H14N2O3. The van der Waals surface area contributed by atoms with E-state index < -0.39 is 12.0 Å². The Morgan fingerprint density at radius 2 is 2.35 bits per heavy atom. The van der Waals surface area contributed by atoms with E-state index in [1.54, 1.807) is 38.4 Å². The number of carboxylic acid groups (broad SMARTS) is 1. The van der Waals surface area contributed by atoms with Crippen LogP contribution in [0.25, 0.3) is 0 Å². The predicted octanol–water partition coefficient (Wildman–Crippen LogP) is 1.28. The van der Waals surface area contributed by atoms with E-state index in [0.29, 0.717) is 5.75 Å². The molecule has 1 aromatic carbocycles. The summed E-state index contributed by atoms with van der Waals surface area (Å²) in [4.78, 5) is 12.1. The first-order valence-corrected chi connectivity index (χ1v) is 5.04. The Labute approximate surface area is 99.8 Å². The van der Waals surface area contributed by atoms with Gasteiger partial charge in [-0.15, -0.1) is 0 Å². The second kappa shape index (κ2) is 5.87. The molecule has 0 spiro atoms. The highest BCUT2D eigenvalue weighted by Gasteiger charge is 2.18. The van der Waals surface area contributed by atoms with Gasteiger partial charge in [0.15, 0.2) is 0 Å². The number of aliphatic carboxylic acids is 1. The molecule has 5 nitrogen and oxygen atoms in total. The Morgan fingerprint density at radius 3 is 2.88 bits per heavy atom. The summed E-state index contributed by atoms with van der Waals surface area (Å²) in [5.41, 5.74) is 0.718. The van der Waals surface area contributed by atoms with Crippen molar-refractivity contribution in [2.24, 2.45) is 0 Å². The van der Waals surface area contributed by atoms with Crippen LogP contribution in [-0.2, 0) is 4.79 Å². The third-order valence-corrected chi connectivity index (χ3v) is 2.36. The second-order valence-electron chi connectivity index (χ2n) is 3.62. The van der Waals surface area contributed by atoms with E-state index in [1.807, 2.05) is 0 Å². The average molecular weight is 234 g/mol.